The van der Waals surface area contributed by atoms with Crippen LogP contribution in [0.2, 0.25) is 0 Å². The maximum Gasteiger partial charge on any atom is 0.263 e. The Kier molecular flexibility index (Phi) is 3.82. The minimum atomic E-state index is -0.343. The summed E-state index contributed by atoms with van der Waals surface area (Å²) in [5, 5.41) is 3.50. The van der Waals surface area contributed by atoms with Crippen molar-refractivity contribution < 1.29 is 9.18 Å². The van der Waals surface area contributed by atoms with E-state index < -0.39 is 0 Å². The molecule has 0 spiro atoms. The Hall–Kier alpha value is -1.66. The molecule has 0 atom stereocenters. The molecule has 1 aromatic carbocycles. The van der Waals surface area contributed by atoms with Gasteiger partial charge in [0.15, 0.2) is 0 Å². The standard InChI is InChI=1S/C15H18FN3OS/c1-19(10-3-4-10)7-6-18-15(20)14-13(17)11-8-9(16)2-5-12(11)21-14/h2,5,8,10H,3-4,6-7,17H2,1H3,(H,18,20). The predicted octanol–water partition coefficient (Wildman–Crippen LogP) is 2.45. The van der Waals surface area contributed by atoms with Crippen LogP contribution in [-0.4, -0.2) is 37.0 Å². The van der Waals surface area contributed by atoms with Crippen molar-refractivity contribution in [3.8, 4) is 0 Å². The second-order valence-corrected chi connectivity index (χ2v) is 6.51. The van der Waals surface area contributed by atoms with E-state index in [9.17, 15) is 9.18 Å². The predicted molar refractivity (Wildman–Crippen MR) is 84.2 cm³/mol. The van der Waals surface area contributed by atoms with Gasteiger partial charge >= 0.3 is 0 Å². The van der Waals surface area contributed by atoms with Gasteiger partial charge in [-0.05, 0) is 38.1 Å². The molecule has 2 aromatic rings. The van der Waals surface area contributed by atoms with Crippen molar-refractivity contribution in [3.63, 3.8) is 0 Å². The second kappa shape index (κ2) is 5.61. The highest BCUT2D eigenvalue weighted by Gasteiger charge is 2.25. The normalized spacial score (nSPS) is 14.8. The minimum Gasteiger partial charge on any atom is -0.397 e. The van der Waals surface area contributed by atoms with Gasteiger partial charge in [-0.15, -0.1) is 11.3 Å². The number of carbonyl (C=O) groups is 1. The van der Waals surface area contributed by atoms with E-state index in [-0.39, 0.29) is 11.7 Å². The van der Waals surface area contributed by atoms with E-state index >= 15 is 0 Å². The third-order valence-corrected chi connectivity index (χ3v) is 5.00. The van der Waals surface area contributed by atoms with Gasteiger partial charge in [-0.1, -0.05) is 0 Å². The third kappa shape index (κ3) is 3.01. The number of hydrogen-bond acceptors (Lipinski definition) is 4. The molecule has 4 nitrogen and oxygen atoms in total. The summed E-state index contributed by atoms with van der Waals surface area (Å²) in [6, 6.07) is 5.09. The molecule has 0 aliphatic heterocycles. The molecule has 3 rings (SSSR count). The van der Waals surface area contributed by atoms with Crippen LogP contribution in [-0.2, 0) is 0 Å². The number of nitrogen functional groups attached to an aromatic ring is 1. The lowest BCUT2D eigenvalue weighted by Crippen LogP contribution is -2.33. The van der Waals surface area contributed by atoms with Gasteiger partial charge in [0.2, 0.25) is 0 Å². The van der Waals surface area contributed by atoms with Gasteiger partial charge in [-0.25, -0.2) is 4.39 Å². The van der Waals surface area contributed by atoms with Crippen LogP contribution in [0.3, 0.4) is 0 Å². The molecule has 3 N–H and O–H groups in total. The van der Waals surface area contributed by atoms with E-state index in [1.807, 2.05) is 0 Å². The SMILES string of the molecule is CN(CCNC(=O)c1sc2ccc(F)cc2c1N)C1CC1. The van der Waals surface area contributed by atoms with Crippen LogP contribution in [0.5, 0.6) is 0 Å². The van der Waals surface area contributed by atoms with E-state index in [2.05, 4.69) is 17.3 Å². The molecular weight excluding hydrogens is 289 g/mol. The van der Waals surface area contributed by atoms with E-state index in [0.29, 0.717) is 28.5 Å². The molecule has 1 heterocycles. The first-order valence-electron chi connectivity index (χ1n) is 7.02. The van der Waals surface area contributed by atoms with Gasteiger partial charge < -0.3 is 16.0 Å². The number of nitrogens with zero attached hydrogens (tertiary/aromatic N) is 1. The fourth-order valence-electron chi connectivity index (χ4n) is 2.38. The second-order valence-electron chi connectivity index (χ2n) is 5.45. The average Bonchev–Trinajstić information content (AvgIpc) is 3.25. The van der Waals surface area contributed by atoms with E-state index in [0.717, 1.165) is 11.2 Å². The van der Waals surface area contributed by atoms with Crippen molar-refractivity contribution in [1.29, 1.82) is 0 Å². The highest BCUT2D eigenvalue weighted by Crippen LogP contribution is 2.33. The summed E-state index contributed by atoms with van der Waals surface area (Å²) in [6.45, 7) is 1.42. The highest BCUT2D eigenvalue weighted by atomic mass is 32.1. The summed E-state index contributed by atoms with van der Waals surface area (Å²) in [7, 11) is 2.07. The molecule has 0 unspecified atom stereocenters. The van der Waals surface area contributed by atoms with Crippen LogP contribution in [0.25, 0.3) is 10.1 Å². The van der Waals surface area contributed by atoms with Crippen molar-refractivity contribution in [2.45, 2.75) is 18.9 Å². The maximum absolute atomic E-state index is 13.2. The lowest BCUT2D eigenvalue weighted by molar-refractivity contribution is 0.0954. The molecule has 0 saturated heterocycles. The van der Waals surface area contributed by atoms with Crippen LogP contribution < -0.4 is 11.1 Å². The largest absolute Gasteiger partial charge is 0.397 e. The van der Waals surface area contributed by atoms with Crippen molar-refractivity contribution in [2.24, 2.45) is 0 Å². The summed E-state index contributed by atoms with van der Waals surface area (Å²) in [6.07, 6.45) is 2.50. The number of benzene rings is 1. The molecule has 6 heteroatoms. The molecule has 0 bridgehead atoms. The number of halogens is 1. The maximum atomic E-state index is 13.2. The van der Waals surface area contributed by atoms with Crippen LogP contribution in [0.4, 0.5) is 10.1 Å². The first-order valence-corrected chi connectivity index (χ1v) is 7.84. The van der Waals surface area contributed by atoms with Crippen LogP contribution >= 0.6 is 11.3 Å². The number of anilines is 1. The first-order chi connectivity index (χ1) is 10.1. The van der Waals surface area contributed by atoms with Crippen molar-refractivity contribution in [1.82, 2.24) is 10.2 Å². The monoisotopic (exact) mass is 307 g/mol. The molecule has 1 saturated carbocycles. The highest BCUT2D eigenvalue weighted by molar-refractivity contribution is 7.21. The van der Waals surface area contributed by atoms with Crippen LogP contribution in [0, 0.1) is 5.82 Å². The molecule has 21 heavy (non-hydrogen) atoms. The molecule has 1 aliphatic carbocycles. The summed E-state index contributed by atoms with van der Waals surface area (Å²) < 4.78 is 14.1. The number of rotatable bonds is 5. The van der Waals surface area contributed by atoms with Crippen molar-refractivity contribution in [2.75, 3.05) is 25.9 Å². The lowest BCUT2D eigenvalue weighted by atomic mass is 10.2. The average molecular weight is 307 g/mol. The van der Waals surface area contributed by atoms with Gasteiger partial charge in [-0.3, -0.25) is 4.79 Å². The number of likely N-dealkylation sites (N-methyl/N-ethyl adjacent to an activating group) is 1. The topological polar surface area (TPSA) is 58.4 Å². The number of carbonyl (C=O) groups excluding carboxylic acids is 1. The lowest BCUT2D eigenvalue weighted by Gasteiger charge is -2.15. The molecule has 1 amide bonds. The Morgan fingerprint density at radius 1 is 1.52 bits per heavy atom. The van der Waals surface area contributed by atoms with Crippen molar-refractivity contribution in [3.05, 3.63) is 28.9 Å². The molecule has 1 fully saturated rings. The number of hydrogen-bond donors (Lipinski definition) is 2. The van der Waals surface area contributed by atoms with Crippen LogP contribution in [0.1, 0.15) is 22.5 Å². The Bertz CT molecular complexity index is 681. The zero-order chi connectivity index (χ0) is 15.0. The van der Waals surface area contributed by atoms with Crippen molar-refractivity contribution >= 4 is 33.0 Å². The summed E-state index contributed by atoms with van der Waals surface area (Å²) in [4.78, 5) is 14.9. The zero-order valence-electron chi connectivity index (χ0n) is 11.9. The summed E-state index contributed by atoms with van der Waals surface area (Å²) in [5.74, 6) is -0.525. The van der Waals surface area contributed by atoms with Gasteiger partial charge in [0.25, 0.3) is 5.91 Å². The number of fused-ring (bicyclic) bond motifs is 1. The van der Waals surface area contributed by atoms with E-state index in [1.165, 1.54) is 36.3 Å². The Labute approximate surface area is 126 Å². The van der Waals surface area contributed by atoms with Crippen LogP contribution in [0.15, 0.2) is 18.2 Å². The number of thiophene rings is 1. The summed E-state index contributed by atoms with van der Waals surface area (Å²) in [5.41, 5.74) is 6.33. The first kappa shape index (κ1) is 14.3. The van der Waals surface area contributed by atoms with E-state index in [1.54, 1.807) is 6.07 Å². The fourth-order valence-corrected chi connectivity index (χ4v) is 3.40. The fraction of sp³-hybridized carbons (Fsp3) is 0.400. The van der Waals surface area contributed by atoms with Gasteiger partial charge in [0, 0.05) is 29.2 Å². The molecule has 1 aromatic heterocycles. The molecular formula is C15H18FN3OS. The van der Waals surface area contributed by atoms with Gasteiger partial charge in [0.05, 0.1) is 5.69 Å². The third-order valence-electron chi connectivity index (χ3n) is 3.81. The Morgan fingerprint density at radius 3 is 3.00 bits per heavy atom. The quantitative estimate of drug-likeness (QED) is 0.892. The Balaban J connectivity index is 1.67. The summed E-state index contributed by atoms with van der Waals surface area (Å²) >= 11 is 1.30. The zero-order valence-corrected chi connectivity index (χ0v) is 12.7. The number of nitrogens with two attached hydrogens (primary N) is 1. The molecule has 112 valence electrons. The van der Waals surface area contributed by atoms with Gasteiger partial charge in [0.1, 0.15) is 10.7 Å². The molecule has 1 aliphatic rings. The van der Waals surface area contributed by atoms with E-state index in [4.69, 9.17) is 5.73 Å². The molecule has 0 radical (unpaired) electrons. The van der Waals surface area contributed by atoms with Gasteiger partial charge in [-0.2, -0.15) is 0 Å². The number of amides is 1. The smallest absolute Gasteiger partial charge is 0.263 e. The Morgan fingerprint density at radius 2 is 2.29 bits per heavy atom. The number of nitrogens with one attached hydrogen (secondary N) is 1. The minimum absolute atomic E-state index is 0.182.